The number of rotatable bonds is 6. The minimum atomic E-state index is -0.269. The lowest BCUT2D eigenvalue weighted by Crippen LogP contribution is -2.44. The molecular formula is C19H25N3O3. The van der Waals surface area contributed by atoms with Gasteiger partial charge in [-0.15, -0.1) is 0 Å². The van der Waals surface area contributed by atoms with Crippen LogP contribution in [0.3, 0.4) is 0 Å². The zero-order valence-corrected chi connectivity index (χ0v) is 14.9. The standard InChI is InChI=1S/C19H25N3O3/c1-19(15-7-4-3-5-8-15)11-6-12-22(14-19)13-16-20-17(25-21-16)9-10-18(23)24-2/h3-5,7-8H,6,9-14H2,1-2H3. The van der Waals surface area contributed by atoms with E-state index in [-0.39, 0.29) is 17.8 Å². The third-order valence-electron chi connectivity index (χ3n) is 4.89. The van der Waals surface area contributed by atoms with E-state index in [0.717, 1.165) is 19.5 Å². The number of esters is 1. The van der Waals surface area contributed by atoms with Crippen molar-refractivity contribution in [3.05, 3.63) is 47.6 Å². The lowest BCUT2D eigenvalue weighted by molar-refractivity contribution is -0.140. The van der Waals surface area contributed by atoms with E-state index in [9.17, 15) is 4.79 Å². The zero-order chi connectivity index (χ0) is 17.7. The minimum absolute atomic E-state index is 0.150. The third-order valence-corrected chi connectivity index (χ3v) is 4.89. The molecule has 0 saturated carbocycles. The van der Waals surface area contributed by atoms with E-state index in [1.165, 1.54) is 19.1 Å². The molecule has 6 nitrogen and oxygen atoms in total. The number of likely N-dealkylation sites (tertiary alicyclic amines) is 1. The molecule has 3 rings (SSSR count). The number of aryl methyl sites for hydroxylation is 1. The smallest absolute Gasteiger partial charge is 0.306 e. The average Bonchev–Trinajstić information content (AvgIpc) is 3.08. The van der Waals surface area contributed by atoms with Gasteiger partial charge in [-0.05, 0) is 24.9 Å². The molecule has 1 atom stereocenters. The van der Waals surface area contributed by atoms with Crippen molar-refractivity contribution in [2.45, 2.75) is 44.6 Å². The van der Waals surface area contributed by atoms with Gasteiger partial charge in [0, 0.05) is 18.4 Å². The predicted molar refractivity (Wildman–Crippen MR) is 92.9 cm³/mol. The van der Waals surface area contributed by atoms with Gasteiger partial charge in [0.1, 0.15) is 0 Å². The van der Waals surface area contributed by atoms with Crippen molar-refractivity contribution >= 4 is 5.97 Å². The first-order chi connectivity index (χ1) is 12.1. The number of piperidine rings is 1. The van der Waals surface area contributed by atoms with Crippen molar-refractivity contribution < 1.29 is 14.1 Å². The Kier molecular flexibility index (Phi) is 5.48. The molecule has 134 valence electrons. The van der Waals surface area contributed by atoms with Crippen LogP contribution in [-0.2, 0) is 27.9 Å². The molecule has 1 saturated heterocycles. The van der Waals surface area contributed by atoms with Gasteiger partial charge in [-0.1, -0.05) is 42.4 Å². The summed E-state index contributed by atoms with van der Waals surface area (Å²) in [5.74, 6) is 0.898. The van der Waals surface area contributed by atoms with E-state index in [1.54, 1.807) is 0 Å². The summed E-state index contributed by atoms with van der Waals surface area (Å²) in [6.45, 7) is 5.01. The molecule has 2 aromatic rings. The maximum atomic E-state index is 11.2. The summed E-state index contributed by atoms with van der Waals surface area (Å²) < 4.78 is 9.87. The number of methoxy groups -OCH3 is 1. The molecule has 25 heavy (non-hydrogen) atoms. The molecule has 0 amide bonds. The highest BCUT2D eigenvalue weighted by Crippen LogP contribution is 2.33. The van der Waals surface area contributed by atoms with Crippen LogP contribution in [0.5, 0.6) is 0 Å². The topological polar surface area (TPSA) is 68.5 Å². The Hall–Kier alpha value is -2.21. The molecule has 6 heteroatoms. The van der Waals surface area contributed by atoms with Crippen LogP contribution in [0.1, 0.15) is 43.5 Å². The molecule has 0 aliphatic carbocycles. The molecule has 1 aliphatic heterocycles. The van der Waals surface area contributed by atoms with Gasteiger partial charge in [-0.25, -0.2) is 0 Å². The minimum Gasteiger partial charge on any atom is -0.469 e. The van der Waals surface area contributed by atoms with Crippen molar-refractivity contribution in [3.8, 4) is 0 Å². The second-order valence-electron chi connectivity index (χ2n) is 6.92. The Morgan fingerprint density at radius 3 is 2.92 bits per heavy atom. The monoisotopic (exact) mass is 343 g/mol. The highest BCUT2D eigenvalue weighted by atomic mass is 16.5. The Bertz CT molecular complexity index is 701. The number of carbonyl (C=O) groups is 1. The highest BCUT2D eigenvalue weighted by Gasteiger charge is 2.32. The van der Waals surface area contributed by atoms with Crippen LogP contribution in [0.4, 0.5) is 0 Å². The summed E-state index contributed by atoms with van der Waals surface area (Å²) in [6, 6.07) is 10.7. The molecule has 1 fully saturated rings. The quantitative estimate of drug-likeness (QED) is 0.751. The van der Waals surface area contributed by atoms with Crippen LogP contribution >= 0.6 is 0 Å². The summed E-state index contributed by atoms with van der Waals surface area (Å²) in [7, 11) is 1.38. The average molecular weight is 343 g/mol. The van der Waals surface area contributed by atoms with Crippen molar-refractivity contribution in [1.82, 2.24) is 15.0 Å². The van der Waals surface area contributed by atoms with Gasteiger partial charge in [-0.3, -0.25) is 9.69 Å². The van der Waals surface area contributed by atoms with E-state index in [1.807, 2.05) is 0 Å². The van der Waals surface area contributed by atoms with Crippen LogP contribution in [0.2, 0.25) is 0 Å². The Labute approximate surface area is 148 Å². The van der Waals surface area contributed by atoms with Gasteiger partial charge >= 0.3 is 5.97 Å². The predicted octanol–water partition coefficient (Wildman–Crippen LogP) is 2.73. The number of benzene rings is 1. The van der Waals surface area contributed by atoms with Crippen LogP contribution in [0, 0.1) is 0 Å². The van der Waals surface area contributed by atoms with Gasteiger partial charge in [0.25, 0.3) is 0 Å². The number of nitrogens with zero attached hydrogens (tertiary/aromatic N) is 3. The maximum Gasteiger partial charge on any atom is 0.306 e. The van der Waals surface area contributed by atoms with Crippen LogP contribution in [0.25, 0.3) is 0 Å². The zero-order valence-electron chi connectivity index (χ0n) is 14.9. The number of ether oxygens (including phenoxy) is 1. The second kappa shape index (κ2) is 7.78. The normalized spacial score (nSPS) is 21.2. The molecular weight excluding hydrogens is 318 g/mol. The SMILES string of the molecule is COC(=O)CCc1nc(CN2CCCC(C)(c3ccccc3)C2)no1. The van der Waals surface area contributed by atoms with Gasteiger partial charge in [0.15, 0.2) is 5.82 Å². The van der Waals surface area contributed by atoms with E-state index in [2.05, 4.69) is 57.0 Å². The molecule has 1 unspecified atom stereocenters. The Balaban J connectivity index is 1.60. The summed E-state index contributed by atoms with van der Waals surface area (Å²) in [5.41, 5.74) is 1.53. The fraction of sp³-hybridized carbons (Fsp3) is 0.526. The van der Waals surface area contributed by atoms with Crippen LogP contribution in [0.15, 0.2) is 34.9 Å². The summed E-state index contributed by atoms with van der Waals surface area (Å²) >= 11 is 0. The lowest BCUT2D eigenvalue weighted by Gasteiger charge is -2.40. The van der Waals surface area contributed by atoms with Crippen LogP contribution in [-0.4, -0.2) is 41.2 Å². The largest absolute Gasteiger partial charge is 0.469 e. The molecule has 2 heterocycles. The van der Waals surface area contributed by atoms with Gasteiger partial charge < -0.3 is 9.26 Å². The first-order valence-electron chi connectivity index (χ1n) is 8.75. The van der Waals surface area contributed by atoms with Crippen molar-refractivity contribution in [2.24, 2.45) is 0 Å². The van der Waals surface area contributed by atoms with E-state index in [4.69, 9.17) is 4.52 Å². The molecule has 0 radical (unpaired) electrons. The van der Waals surface area contributed by atoms with Crippen molar-refractivity contribution in [3.63, 3.8) is 0 Å². The fourth-order valence-electron chi connectivity index (χ4n) is 3.52. The summed E-state index contributed by atoms with van der Waals surface area (Å²) in [5, 5.41) is 4.05. The number of carbonyl (C=O) groups excluding carboxylic acids is 1. The van der Waals surface area contributed by atoms with Crippen molar-refractivity contribution in [1.29, 1.82) is 0 Å². The molecule has 0 spiro atoms. The number of aromatic nitrogens is 2. The number of hydrogen-bond donors (Lipinski definition) is 0. The highest BCUT2D eigenvalue weighted by molar-refractivity contribution is 5.69. The third kappa shape index (κ3) is 4.45. The summed E-state index contributed by atoms with van der Waals surface area (Å²) in [4.78, 5) is 18.0. The van der Waals surface area contributed by atoms with Crippen molar-refractivity contribution in [2.75, 3.05) is 20.2 Å². The number of hydrogen-bond acceptors (Lipinski definition) is 6. The molecule has 0 bridgehead atoms. The van der Waals surface area contributed by atoms with E-state index in [0.29, 0.717) is 24.7 Å². The second-order valence-corrected chi connectivity index (χ2v) is 6.92. The Morgan fingerprint density at radius 1 is 1.36 bits per heavy atom. The van der Waals surface area contributed by atoms with Crippen LogP contribution < -0.4 is 0 Å². The van der Waals surface area contributed by atoms with E-state index >= 15 is 0 Å². The lowest BCUT2D eigenvalue weighted by atomic mass is 9.76. The first kappa shape index (κ1) is 17.6. The molecule has 0 N–H and O–H groups in total. The van der Waals surface area contributed by atoms with Gasteiger partial charge in [-0.2, -0.15) is 4.98 Å². The summed E-state index contributed by atoms with van der Waals surface area (Å²) in [6.07, 6.45) is 3.01. The molecule has 1 aromatic heterocycles. The fourth-order valence-corrected chi connectivity index (χ4v) is 3.52. The van der Waals surface area contributed by atoms with Gasteiger partial charge in [0.2, 0.25) is 5.89 Å². The Morgan fingerprint density at radius 2 is 2.16 bits per heavy atom. The van der Waals surface area contributed by atoms with E-state index < -0.39 is 0 Å². The molecule has 1 aromatic carbocycles. The van der Waals surface area contributed by atoms with Gasteiger partial charge in [0.05, 0.1) is 20.1 Å². The first-order valence-corrected chi connectivity index (χ1v) is 8.75. The molecule has 1 aliphatic rings. The maximum absolute atomic E-state index is 11.2.